The van der Waals surface area contributed by atoms with E-state index in [1.165, 1.54) is 0 Å². The minimum atomic E-state index is -0.315. The van der Waals surface area contributed by atoms with Gasteiger partial charge in [0.25, 0.3) is 5.91 Å². The van der Waals surface area contributed by atoms with E-state index >= 15 is 0 Å². The molecule has 1 amide bonds. The molecule has 22 heavy (non-hydrogen) atoms. The summed E-state index contributed by atoms with van der Waals surface area (Å²) in [6.07, 6.45) is 1.67. The van der Waals surface area contributed by atoms with Crippen molar-refractivity contribution in [1.82, 2.24) is 15.2 Å². The fourth-order valence-electron chi connectivity index (χ4n) is 2.55. The number of hydrogen-bond acceptors (Lipinski definition) is 5. The Labute approximate surface area is 132 Å². The van der Waals surface area contributed by atoms with Gasteiger partial charge in [0.1, 0.15) is 5.69 Å². The van der Waals surface area contributed by atoms with Gasteiger partial charge in [-0.2, -0.15) is 0 Å². The molecule has 1 aliphatic rings. The number of carbonyl (C=O) groups is 1. The zero-order valence-corrected chi connectivity index (χ0v) is 13.9. The number of morpholine rings is 1. The lowest BCUT2D eigenvalue weighted by molar-refractivity contribution is 0.0268. The molecule has 0 unspecified atom stereocenters. The highest BCUT2D eigenvalue weighted by molar-refractivity contribution is 5.93. The molecule has 0 aromatic carbocycles. The van der Waals surface area contributed by atoms with E-state index in [-0.39, 0.29) is 11.4 Å². The van der Waals surface area contributed by atoms with Crippen LogP contribution >= 0.6 is 0 Å². The largest absolute Gasteiger partial charge is 0.379 e. The highest BCUT2D eigenvalue weighted by Crippen LogP contribution is 2.13. The van der Waals surface area contributed by atoms with Crippen LogP contribution in [-0.2, 0) is 4.74 Å². The Bertz CT molecular complexity index is 511. The maximum atomic E-state index is 12.4. The molecule has 0 aliphatic carbocycles. The Balaban J connectivity index is 1.98. The second-order valence-corrected chi connectivity index (χ2v) is 6.52. The van der Waals surface area contributed by atoms with Crippen LogP contribution in [0.4, 0.5) is 5.69 Å². The van der Waals surface area contributed by atoms with E-state index in [9.17, 15) is 4.79 Å². The first kappa shape index (κ1) is 16.7. The lowest BCUT2D eigenvalue weighted by Crippen LogP contribution is -2.53. The van der Waals surface area contributed by atoms with Crippen LogP contribution in [0.5, 0.6) is 0 Å². The summed E-state index contributed by atoms with van der Waals surface area (Å²) in [4.78, 5) is 20.9. The topological polar surface area (TPSA) is 57.7 Å². The number of carbonyl (C=O) groups excluding carboxylic acids is 1. The summed E-state index contributed by atoms with van der Waals surface area (Å²) < 4.78 is 5.36. The number of amides is 1. The molecule has 122 valence electrons. The fraction of sp³-hybridized carbons (Fsp3) is 0.625. The predicted molar refractivity (Wildman–Crippen MR) is 87.4 cm³/mol. The molecule has 1 aliphatic heterocycles. The van der Waals surface area contributed by atoms with Crippen LogP contribution in [0.3, 0.4) is 0 Å². The third-order valence-electron chi connectivity index (χ3n) is 3.67. The van der Waals surface area contributed by atoms with Gasteiger partial charge in [0.05, 0.1) is 13.2 Å². The summed E-state index contributed by atoms with van der Waals surface area (Å²) in [5.41, 5.74) is 1.09. The first-order chi connectivity index (χ1) is 10.4. The van der Waals surface area contributed by atoms with Crippen molar-refractivity contribution >= 4 is 11.6 Å². The van der Waals surface area contributed by atoms with E-state index in [2.05, 4.69) is 15.2 Å². The molecule has 2 heterocycles. The average molecular weight is 306 g/mol. The van der Waals surface area contributed by atoms with E-state index in [0.29, 0.717) is 5.69 Å². The number of nitrogens with one attached hydrogen (secondary N) is 1. The standard InChI is InChI=1S/C16H26N4O2/c1-16(2,12-20-7-9-22-10-8-20)18-15(21)14-11-13(19(3)4)5-6-17-14/h5-6,11H,7-10,12H2,1-4H3,(H,18,21). The molecule has 0 spiro atoms. The molecule has 1 fully saturated rings. The molecule has 2 rings (SSSR count). The van der Waals surface area contributed by atoms with Crippen LogP contribution in [0, 0.1) is 0 Å². The van der Waals surface area contributed by atoms with Gasteiger partial charge in [-0.3, -0.25) is 14.7 Å². The van der Waals surface area contributed by atoms with Gasteiger partial charge >= 0.3 is 0 Å². The lowest BCUT2D eigenvalue weighted by Gasteiger charge is -2.35. The van der Waals surface area contributed by atoms with Crippen LogP contribution in [0.2, 0.25) is 0 Å². The molecule has 0 saturated carbocycles. The summed E-state index contributed by atoms with van der Waals surface area (Å²) >= 11 is 0. The first-order valence-electron chi connectivity index (χ1n) is 7.63. The van der Waals surface area contributed by atoms with Crippen molar-refractivity contribution in [3.05, 3.63) is 24.0 Å². The fourth-order valence-corrected chi connectivity index (χ4v) is 2.55. The third kappa shape index (κ3) is 4.68. The SMILES string of the molecule is CN(C)c1ccnc(C(=O)NC(C)(C)CN2CCOCC2)c1. The Kier molecular flexibility index (Phi) is 5.37. The number of hydrogen-bond donors (Lipinski definition) is 1. The van der Waals surface area contributed by atoms with Crippen molar-refractivity contribution in [3.63, 3.8) is 0 Å². The van der Waals surface area contributed by atoms with Crippen LogP contribution in [-0.4, -0.2) is 68.3 Å². The number of ether oxygens (including phenoxy) is 1. The van der Waals surface area contributed by atoms with Gasteiger partial charge in [0, 0.05) is 51.2 Å². The second kappa shape index (κ2) is 7.07. The van der Waals surface area contributed by atoms with E-state index in [0.717, 1.165) is 38.5 Å². The van der Waals surface area contributed by atoms with E-state index in [4.69, 9.17) is 4.74 Å². The van der Waals surface area contributed by atoms with Crippen LogP contribution < -0.4 is 10.2 Å². The van der Waals surface area contributed by atoms with Gasteiger partial charge in [0.15, 0.2) is 0 Å². The highest BCUT2D eigenvalue weighted by atomic mass is 16.5. The number of aromatic nitrogens is 1. The van der Waals surface area contributed by atoms with Crippen molar-refractivity contribution in [2.24, 2.45) is 0 Å². The van der Waals surface area contributed by atoms with Crippen molar-refractivity contribution in [2.45, 2.75) is 19.4 Å². The molecule has 1 aromatic heterocycles. The van der Waals surface area contributed by atoms with Crippen LogP contribution in [0.15, 0.2) is 18.3 Å². The summed E-state index contributed by atoms with van der Waals surface area (Å²) in [6, 6.07) is 3.69. The lowest BCUT2D eigenvalue weighted by atomic mass is 10.0. The second-order valence-electron chi connectivity index (χ2n) is 6.52. The number of nitrogens with zero attached hydrogens (tertiary/aromatic N) is 3. The monoisotopic (exact) mass is 306 g/mol. The normalized spacial score (nSPS) is 16.4. The van der Waals surface area contributed by atoms with Crippen molar-refractivity contribution in [3.8, 4) is 0 Å². The quantitative estimate of drug-likeness (QED) is 0.879. The molecule has 0 atom stereocenters. The molecule has 0 bridgehead atoms. The minimum absolute atomic E-state index is 0.137. The molecular weight excluding hydrogens is 280 g/mol. The number of pyridine rings is 1. The summed E-state index contributed by atoms with van der Waals surface area (Å²) in [5.74, 6) is -0.137. The summed E-state index contributed by atoms with van der Waals surface area (Å²) in [5, 5.41) is 3.08. The Hall–Kier alpha value is -1.66. The maximum Gasteiger partial charge on any atom is 0.270 e. The number of anilines is 1. The molecular formula is C16H26N4O2. The number of rotatable bonds is 5. The Morgan fingerprint density at radius 3 is 2.73 bits per heavy atom. The average Bonchev–Trinajstić information content (AvgIpc) is 2.47. The summed E-state index contributed by atoms with van der Waals surface area (Å²) in [6.45, 7) is 8.22. The van der Waals surface area contributed by atoms with E-state index < -0.39 is 0 Å². The molecule has 6 heteroatoms. The minimum Gasteiger partial charge on any atom is -0.379 e. The van der Waals surface area contributed by atoms with Gasteiger partial charge < -0.3 is 15.0 Å². The van der Waals surface area contributed by atoms with Crippen molar-refractivity contribution in [1.29, 1.82) is 0 Å². The molecule has 1 N–H and O–H groups in total. The zero-order chi connectivity index (χ0) is 16.2. The summed E-state index contributed by atoms with van der Waals surface area (Å²) in [7, 11) is 3.89. The van der Waals surface area contributed by atoms with Gasteiger partial charge in [0.2, 0.25) is 0 Å². The first-order valence-corrected chi connectivity index (χ1v) is 7.63. The highest BCUT2D eigenvalue weighted by Gasteiger charge is 2.26. The predicted octanol–water partition coefficient (Wildman–Crippen LogP) is 0.988. The molecule has 1 saturated heterocycles. The van der Waals surface area contributed by atoms with E-state index in [1.807, 2.05) is 38.9 Å². The van der Waals surface area contributed by atoms with Gasteiger partial charge in [-0.05, 0) is 26.0 Å². The van der Waals surface area contributed by atoms with E-state index in [1.54, 1.807) is 12.3 Å². The smallest absolute Gasteiger partial charge is 0.270 e. The molecule has 6 nitrogen and oxygen atoms in total. The van der Waals surface area contributed by atoms with Crippen molar-refractivity contribution < 1.29 is 9.53 Å². The van der Waals surface area contributed by atoms with Gasteiger partial charge in [-0.15, -0.1) is 0 Å². The van der Waals surface area contributed by atoms with Gasteiger partial charge in [-0.25, -0.2) is 0 Å². The van der Waals surface area contributed by atoms with Crippen molar-refractivity contribution in [2.75, 3.05) is 51.8 Å². The Morgan fingerprint density at radius 2 is 2.09 bits per heavy atom. The third-order valence-corrected chi connectivity index (χ3v) is 3.67. The van der Waals surface area contributed by atoms with Crippen LogP contribution in [0.1, 0.15) is 24.3 Å². The van der Waals surface area contributed by atoms with Crippen LogP contribution in [0.25, 0.3) is 0 Å². The zero-order valence-electron chi connectivity index (χ0n) is 13.9. The maximum absolute atomic E-state index is 12.4. The molecule has 1 aromatic rings. The van der Waals surface area contributed by atoms with Gasteiger partial charge in [-0.1, -0.05) is 0 Å². The Morgan fingerprint density at radius 1 is 1.41 bits per heavy atom. The molecule has 0 radical (unpaired) electrons.